The van der Waals surface area contributed by atoms with Crippen LogP contribution in [0.1, 0.15) is 5.56 Å². The predicted molar refractivity (Wildman–Crippen MR) is 81.1 cm³/mol. The fourth-order valence-electron chi connectivity index (χ4n) is 2.48. The average molecular weight is 280 g/mol. The number of rotatable bonds is 5. The quantitative estimate of drug-likeness (QED) is 0.819. The summed E-state index contributed by atoms with van der Waals surface area (Å²) < 4.78 is 13.9. The third kappa shape index (κ3) is 4.16. The molecule has 0 aliphatic carbocycles. The Hall–Kier alpha value is -1.17. The number of nitrogen functional groups attached to an aromatic ring is 1. The third-order valence-corrected chi connectivity index (χ3v) is 3.83. The van der Waals surface area contributed by atoms with Gasteiger partial charge in [-0.3, -0.25) is 9.80 Å². The molecule has 0 radical (unpaired) electrons. The minimum Gasteiger partial charge on any atom is -0.396 e. The molecule has 1 aliphatic heterocycles. The van der Waals surface area contributed by atoms with Crippen LogP contribution in [-0.2, 0) is 6.54 Å². The lowest BCUT2D eigenvalue weighted by molar-refractivity contribution is 0.120. The highest BCUT2D eigenvalue weighted by molar-refractivity contribution is 5.42. The van der Waals surface area contributed by atoms with Gasteiger partial charge in [-0.15, -0.1) is 0 Å². The molecule has 1 fully saturated rings. The molecular formula is C15H25FN4. The molecule has 1 aliphatic rings. The summed E-state index contributed by atoms with van der Waals surface area (Å²) in [6.45, 7) is 6.93. The van der Waals surface area contributed by atoms with Crippen LogP contribution in [0.25, 0.3) is 0 Å². The first-order valence-corrected chi connectivity index (χ1v) is 7.18. The molecule has 2 rings (SSSR count). The van der Waals surface area contributed by atoms with Crippen LogP contribution >= 0.6 is 0 Å². The summed E-state index contributed by atoms with van der Waals surface area (Å²) in [7, 11) is 4.19. The minimum absolute atomic E-state index is 0.243. The van der Waals surface area contributed by atoms with E-state index >= 15 is 0 Å². The van der Waals surface area contributed by atoms with Crippen LogP contribution in [0.3, 0.4) is 0 Å². The zero-order valence-electron chi connectivity index (χ0n) is 12.5. The van der Waals surface area contributed by atoms with E-state index in [1.807, 2.05) is 12.1 Å². The SMILES string of the molecule is CN(C)CCN1CCN(Cc2cccc(N)c2F)CC1. The lowest BCUT2D eigenvalue weighted by atomic mass is 10.1. The summed E-state index contributed by atoms with van der Waals surface area (Å²) in [6, 6.07) is 5.25. The second-order valence-electron chi connectivity index (χ2n) is 5.74. The molecule has 0 spiro atoms. The molecule has 0 unspecified atom stereocenters. The molecule has 2 N–H and O–H groups in total. The van der Waals surface area contributed by atoms with E-state index in [0.717, 1.165) is 39.3 Å². The number of nitrogens with zero attached hydrogens (tertiary/aromatic N) is 3. The van der Waals surface area contributed by atoms with Crippen LogP contribution in [-0.4, -0.2) is 68.1 Å². The van der Waals surface area contributed by atoms with Crippen molar-refractivity contribution in [2.75, 3.05) is 59.1 Å². The molecule has 0 bridgehead atoms. The Morgan fingerprint density at radius 1 is 1.15 bits per heavy atom. The van der Waals surface area contributed by atoms with Crippen molar-refractivity contribution in [1.29, 1.82) is 0 Å². The Balaban J connectivity index is 1.81. The highest BCUT2D eigenvalue weighted by Crippen LogP contribution is 2.17. The van der Waals surface area contributed by atoms with Crippen LogP contribution in [0.2, 0.25) is 0 Å². The van der Waals surface area contributed by atoms with E-state index in [9.17, 15) is 4.39 Å². The molecule has 0 amide bonds. The van der Waals surface area contributed by atoms with Crippen molar-refractivity contribution in [3.05, 3.63) is 29.6 Å². The zero-order valence-corrected chi connectivity index (χ0v) is 12.5. The van der Waals surface area contributed by atoms with Gasteiger partial charge in [-0.05, 0) is 20.2 Å². The van der Waals surface area contributed by atoms with Gasteiger partial charge in [-0.1, -0.05) is 12.1 Å². The van der Waals surface area contributed by atoms with E-state index < -0.39 is 0 Å². The van der Waals surface area contributed by atoms with Gasteiger partial charge in [0.05, 0.1) is 5.69 Å². The number of nitrogens with two attached hydrogens (primary N) is 1. The Labute approximate surface area is 120 Å². The van der Waals surface area contributed by atoms with Crippen molar-refractivity contribution < 1.29 is 4.39 Å². The molecule has 112 valence electrons. The topological polar surface area (TPSA) is 35.7 Å². The largest absolute Gasteiger partial charge is 0.396 e. The molecule has 1 saturated heterocycles. The van der Waals surface area contributed by atoms with E-state index in [2.05, 4.69) is 28.8 Å². The highest BCUT2D eigenvalue weighted by atomic mass is 19.1. The van der Waals surface area contributed by atoms with Crippen LogP contribution in [0, 0.1) is 5.82 Å². The lowest BCUT2D eigenvalue weighted by Gasteiger charge is -2.35. The maximum absolute atomic E-state index is 13.9. The van der Waals surface area contributed by atoms with E-state index in [1.165, 1.54) is 0 Å². The summed E-state index contributed by atoms with van der Waals surface area (Å²) in [5.41, 5.74) is 6.55. The first kappa shape index (κ1) is 15.2. The van der Waals surface area contributed by atoms with Crippen molar-refractivity contribution in [2.45, 2.75) is 6.54 Å². The highest BCUT2D eigenvalue weighted by Gasteiger charge is 2.18. The molecular weight excluding hydrogens is 255 g/mol. The number of anilines is 1. The van der Waals surface area contributed by atoms with E-state index in [-0.39, 0.29) is 11.5 Å². The van der Waals surface area contributed by atoms with Gasteiger partial charge in [0.1, 0.15) is 0 Å². The van der Waals surface area contributed by atoms with Crippen molar-refractivity contribution in [3.63, 3.8) is 0 Å². The second-order valence-corrected chi connectivity index (χ2v) is 5.74. The molecule has 0 atom stereocenters. The number of likely N-dealkylation sites (N-methyl/N-ethyl adjacent to an activating group) is 1. The van der Waals surface area contributed by atoms with Gasteiger partial charge in [-0.2, -0.15) is 0 Å². The zero-order chi connectivity index (χ0) is 14.5. The monoisotopic (exact) mass is 280 g/mol. The van der Waals surface area contributed by atoms with Crippen LogP contribution in [0.15, 0.2) is 18.2 Å². The first-order chi connectivity index (χ1) is 9.56. The fourth-order valence-corrected chi connectivity index (χ4v) is 2.48. The first-order valence-electron chi connectivity index (χ1n) is 7.18. The summed E-state index contributed by atoms with van der Waals surface area (Å²) in [4.78, 5) is 6.96. The number of hydrogen-bond donors (Lipinski definition) is 1. The van der Waals surface area contributed by atoms with E-state index in [1.54, 1.807) is 6.07 Å². The Bertz CT molecular complexity index is 428. The molecule has 20 heavy (non-hydrogen) atoms. The molecule has 1 aromatic carbocycles. The number of piperazine rings is 1. The molecule has 0 aromatic heterocycles. The maximum Gasteiger partial charge on any atom is 0.150 e. The molecule has 1 heterocycles. The van der Waals surface area contributed by atoms with Gasteiger partial charge >= 0.3 is 0 Å². The van der Waals surface area contributed by atoms with Crippen LogP contribution in [0.4, 0.5) is 10.1 Å². The molecule has 5 heteroatoms. The Morgan fingerprint density at radius 2 is 1.80 bits per heavy atom. The maximum atomic E-state index is 13.9. The smallest absolute Gasteiger partial charge is 0.150 e. The van der Waals surface area contributed by atoms with E-state index in [0.29, 0.717) is 12.1 Å². The Kier molecular flexibility index (Phi) is 5.34. The van der Waals surface area contributed by atoms with Gasteiger partial charge in [0.25, 0.3) is 0 Å². The second kappa shape index (κ2) is 7.02. The van der Waals surface area contributed by atoms with Gasteiger partial charge in [0.15, 0.2) is 5.82 Å². The Morgan fingerprint density at radius 3 is 2.45 bits per heavy atom. The summed E-state index contributed by atoms with van der Waals surface area (Å²) in [5, 5.41) is 0. The number of halogens is 1. The summed E-state index contributed by atoms with van der Waals surface area (Å²) in [5.74, 6) is -0.262. The lowest BCUT2D eigenvalue weighted by Crippen LogP contribution is -2.47. The minimum atomic E-state index is -0.262. The van der Waals surface area contributed by atoms with Crippen molar-refractivity contribution in [1.82, 2.24) is 14.7 Å². The average Bonchev–Trinajstić information content (AvgIpc) is 2.43. The number of benzene rings is 1. The fraction of sp³-hybridized carbons (Fsp3) is 0.600. The molecule has 4 nitrogen and oxygen atoms in total. The van der Waals surface area contributed by atoms with Gasteiger partial charge in [0.2, 0.25) is 0 Å². The van der Waals surface area contributed by atoms with Gasteiger partial charge in [0, 0.05) is 51.4 Å². The van der Waals surface area contributed by atoms with Gasteiger partial charge in [-0.25, -0.2) is 4.39 Å². The predicted octanol–water partition coefficient (Wildman–Crippen LogP) is 1.09. The molecule has 0 saturated carbocycles. The summed E-state index contributed by atoms with van der Waals surface area (Å²) >= 11 is 0. The van der Waals surface area contributed by atoms with Crippen molar-refractivity contribution in [2.24, 2.45) is 0 Å². The van der Waals surface area contributed by atoms with Crippen LogP contribution < -0.4 is 5.73 Å². The molecule has 1 aromatic rings. The van der Waals surface area contributed by atoms with Gasteiger partial charge < -0.3 is 10.6 Å². The standard InChI is InChI=1S/C15H25FN4/c1-18(2)6-7-19-8-10-20(11-9-19)12-13-4-3-5-14(17)15(13)16/h3-5H,6-12,17H2,1-2H3. The van der Waals surface area contributed by atoms with Crippen LogP contribution in [0.5, 0.6) is 0 Å². The van der Waals surface area contributed by atoms with Crippen molar-refractivity contribution >= 4 is 5.69 Å². The normalized spacial score (nSPS) is 17.8. The van der Waals surface area contributed by atoms with Crippen molar-refractivity contribution in [3.8, 4) is 0 Å². The van der Waals surface area contributed by atoms with E-state index in [4.69, 9.17) is 5.73 Å². The number of hydrogen-bond acceptors (Lipinski definition) is 4. The summed E-state index contributed by atoms with van der Waals surface area (Å²) in [6.07, 6.45) is 0. The third-order valence-electron chi connectivity index (χ3n) is 3.83.